The molecule has 3 rings (SSSR count). The number of anilines is 1. The molecule has 0 aliphatic rings. The molecule has 0 radical (unpaired) electrons. The van der Waals surface area contributed by atoms with Crippen molar-refractivity contribution >= 4 is 5.69 Å². The number of hydrazine groups is 1. The van der Waals surface area contributed by atoms with Crippen LogP contribution in [-0.4, -0.2) is 26.8 Å². The van der Waals surface area contributed by atoms with Gasteiger partial charge in [0.1, 0.15) is 18.0 Å². The van der Waals surface area contributed by atoms with Gasteiger partial charge >= 0.3 is 0 Å². The van der Waals surface area contributed by atoms with Crippen LogP contribution >= 0.6 is 0 Å². The quantitative estimate of drug-likeness (QED) is 0.392. The summed E-state index contributed by atoms with van der Waals surface area (Å²) < 4.78 is 31.1. The summed E-state index contributed by atoms with van der Waals surface area (Å²) in [7, 11) is 0. The number of aromatic nitrogens is 4. The molecule has 0 saturated heterocycles. The molecule has 29 heavy (non-hydrogen) atoms. The average Bonchev–Trinajstić information content (AvgIpc) is 2.77. The second-order valence-electron chi connectivity index (χ2n) is 5.93. The van der Waals surface area contributed by atoms with Crippen LogP contribution in [0.4, 0.5) is 14.5 Å². The van der Waals surface area contributed by atoms with E-state index < -0.39 is 6.43 Å². The van der Waals surface area contributed by atoms with Gasteiger partial charge < -0.3 is 15.5 Å². The van der Waals surface area contributed by atoms with Crippen molar-refractivity contribution in [3.05, 3.63) is 71.9 Å². The van der Waals surface area contributed by atoms with Gasteiger partial charge in [-0.3, -0.25) is 15.8 Å². The molecule has 0 unspecified atom stereocenters. The lowest BCUT2D eigenvalue weighted by Gasteiger charge is -2.15. The minimum absolute atomic E-state index is 0.0514. The van der Waals surface area contributed by atoms with E-state index in [0.29, 0.717) is 34.3 Å². The molecule has 10 heteroatoms. The molecule has 1 aromatic carbocycles. The van der Waals surface area contributed by atoms with Crippen LogP contribution in [0.3, 0.4) is 0 Å². The number of nitrogens with two attached hydrogens (primary N) is 1. The van der Waals surface area contributed by atoms with Crippen molar-refractivity contribution in [2.24, 2.45) is 5.84 Å². The van der Waals surface area contributed by atoms with Gasteiger partial charge in [-0.2, -0.15) is 0 Å². The number of benzene rings is 1. The molecule has 150 valence electrons. The zero-order chi connectivity index (χ0) is 20.6. The van der Waals surface area contributed by atoms with E-state index in [4.69, 9.17) is 10.6 Å². The number of nitrogens with zero attached hydrogens (tertiary/aromatic N) is 4. The van der Waals surface area contributed by atoms with Gasteiger partial charge in [0.2, 0.25) is 5.88 Å². The summed E-state index contributed by atoms with van der Waals surface area (Å²) in [6.07, 6.45) is 2.22. The van der Waals surface area contributed by atoms with Gasteiger partial charge in [0.05, 0.1) is 11.9 Å². The summed E-state index contributed by atoms with van der Waals surface area (Å²) in [5, 5.41) is 11.2. The van der Waals surface area contributed by atoms with E-state index >= 15 is 0 Å². The Hall–Kier alpha value is -3.66. The highest BCUT2D eigenvalue weighted by molar-refractivity contribution is 5.52. The Morgan fingerprint density at radius 3 is 2.45 bits per heavy atom. The summed E-state index contributed by atoms with van der Waals surface area (Å²) in [5.41, 5.74) is 5.51. The zero-order valence-electron chi connectivity index (χ0n) is 15.5. The Morgan fingerprint density at radius 1 is 1.07 bits per heavy atom. The summed E-state index contributed by atoms with van der Waals surface area (Å²) in [6.45, 7) is 1.86. The fourth-order valence-corrected chi connectivity index (χ4v) is 2.32. The highest BCUT2D eigenvalue weighted by atomic mass is 19.3. The van der Waals surface area contributed by atoms with E-state index in [9.17, 15) is 8.78 Å². The van der Waals surface area contributed by atoms with Gasteiger partial charge in [0, 0.05) is 35.4 Å². The Morgan fingerprint density at radius 2 is 1.86 bits per heavy atom. The van der Waals surface area contributed by atoms with E-state index in [0.717, 1.165) is 0 Å². The molecule has 0 spiro atoms. The van der Waals surface area contributed by atoms with Gasteiger partial charge in [0.25, 0.3) is 6.43 Å². The molecule has 8 nitrogen and oxygen atoms in total. The maximum atomic E-state index is 12.7. The minimum Gasteiger partial charge on any atom is -0.470 e. The lowest BCUT2D eigenvalue weighted by atomic mass is 10.2. The van der Waals surface area contributed by atoms with Crippen LogP contribution in [0.2, 0.25) is 0 Å². The third-order valence-electron chi connectivity index (χ3n) is 3.96. The second-order valence-corrected chi connectivity index (χ2v) is 5.93. The number of nitrogens with one attached hydrogen (secondary N) is 2. The second kappa shape index (κ2) is 9.51. The molecule has 0 saturated carbocycles. The van der Waals surface area contributed by atoms with Crippen molar-refractivity contribution in [1.29, 1.82) is 0 Å². The average molecular weight is 399 g/mol. The van der Waals surface area contributed by atoms with Crippen molar-refractivity contribution in [2.75, 3.05) is 11.9 Å². The van der Waals surface area contributed by atoms with E-state index in [-0.39, 0.29) is 12.2 Å². The topological polar surface area (TPSA) is 111 Å². The van der Waals surface area contributed by atoms with E-state index in [2.05, 4.69) is 30.9 Å². The number of alkyl halides is 2. The number of rotatable bonds is 8. The predicted octanol–water partition coefficient (Wildman–Crippen LogP) is 3.06. The molecule has 0 bridgehead atoms. The molecule has 2 heterocycles. The first-order valence-electron chi connectivity index (χ1n) is 8.61. The fraction of sp³-hybridized carbons (Fsp3) is 0.158. The molecule has 0 aliphatic heterocycles. The van der Waals surface area contributed by atoms with Gasteiger partial charge in [-0.1, -0.05) is 12.1 Å². The molecule has 0 fully saturated rings. The Labute approximate surface area is 165 Å². The van der Waals surface area contributed by atoms with Crippen molar-refractivity contribution in [2.45, 2.75) is 13.3 Å². The standard InChI is InChI=1S/C19H19F2N7O/c1-12(26-22)17(25-14-4-2-13(3-5-14)19(20)21)11-29-18-7-6-15(27-28-18)16-10-23-8-9-24-16/h2-10,19,25-26H,11,22H2,1H3/b17-12-. The van der Waals surface area contributed by atoms with Gasteiger partial charge in [-0.05, 0) is 25.1 Å². The highest BCUT2D eigenvalue weighted by Gasteiger charge is 2.09. The first-order chi connectivity index (χ1) is 14.1. The van der Waals surface area contributed by atoms with Crippen molar-refractivity contribution in [3.8, 4) is 17.3 Å². The fourth-order valence-electron chi connectivity index (χ4n) is 2.32. The predicted molar refractivity (Wildman–Crippen MR) is 104 cm³/mol. The van der Waals surface area contributed by atoms with Crippen LogP contribution < -0.4 is 21.3 Å². The maximum Gasteiger partial charge on any atom is 0.263 e. The zero-order valence-corrected chi connectivity index (χ0v) is 15.5. The van der Waals surface area contributed by atoms with Crippen LogP contribution in [0.5, 0.6) is 5.88 Å². The van der Waals surface area contributed by atoms with Crippen molar-refractivity contribution < 1.29 is 13.5 Å². The minimum atomic E-state index is -2.52. The van der Waals surface area contributed by atoms with E-state index in [1.54, 1.807) is 49.8 Å². The summed E-state index contributed by atoms with van der Waals surface area (Å²) in [4.78, 5) is 8.15. The van der Waals surface area contributed by atoms with Crippen LogP contribution in [0.1, 0.15) is 18.9 Å². The number of hydrogen-bond acceptors (Lipinski definition) is 8. The molecule has 4 N–H and O–H groups in total. The third-order valence-corrected chi connectivity index (χ3v) is 3.96. The largest absolute Gasteiger partial charge is 0.470 e. The van der Waals surface area contributed by atoms with Crippen LogP contribution in [0.25, 0.3) is 11.4 Å². The smallest absolute Gasteiger partial charge is 0.263 e. The third kappa shape index (κ3) is 5.42. The van der Waals surface area contributed by atoms with Crippen molar-refractivity contribution in [3.63, 3.8) is 0 Å². The van der Waals surface area contributed by atoms with Crippen LogP contribution in [-0.2, 0) is 0 Å². The molecule has 0 atom stereocenters. The lowest BCUT2D eigenvalue weighted by molar-refractivity contribution is 0.151. The first kappa shape index (κ1) is 20.1. The van der Waals surface area contributed by atoms with Gasteiger partial charge in [-0.15, -0.1) is 10.2 Å². The number of halogens is 2. The Kier molecular flexibility index (Phi) is 6.59. The number of hydrogen-bond donors (Lipinski definition) is 3. The van der Waals surface area contributed by atoms with E-state index in [1.165, 1.54) is 12.1 Å². The van der Waals surface area contributed by atoms with E-state index in [1.807, 2.05) is 0 Å². The normalized spacial score (nSPS) is 11.8. The molecular weight excluding hydrogens is 380 g/mol. The molecule has 3 aromatic rings. The summed E-state index contributed by atoms with van der Waals surface area (Å²) in [5.74, 6) is 5.80. The monoisotopic (exact) mass is 399 g/mol. The Bertz CT molecular complexity index is 949. The molecular formula is C19H19F2N7O. The lowest BCUT2D eigenvalue weighted by Crippen LogP contribution is -2.25. The number of allylic oxidation sites excluding steroid dienone is 1. The Balaban J connectivity index is 1.66. The first-order valence-corrected chi connectivity index (χ1v) is 8.61. The van der Waals surface area contributed by atoms with Crippen molar-refractivity contribution in [1.82, 2.24) is 25.6 Å². The van der Waals surface area contributed by atoms with Crippen LogP contribution in [0.15, 0.2) is 66.4 Å². The van der Waals surface area contributed by atoms with Crippen LogP contribution in [0, 0.1) is 0 Å². The summed E-state index contributed by atoms with van der Waals surface area (Å²) >= 11 is 0. The maximum absolute atomic E-state index is 12.7. The van der Waals surface area contributed by atoms with Gasteiger partial charge in [0.15, 0.2) is 0 Å². The van der Waals surface area contributed by atoms with Gasteiger partial charge in [-0.25, -0.2) is 8.78 Å². The number of ether oxygens (including phenoxy) is 1. The molecule has 2 aromatic heterocycles. The SMILES string of the molecule is C/C(NN)=C(\COc1ccc(-c2cnccn2)nn1)Nc1ccc(C(F)F)cc1. The summed E-state index contributed by atoms with van der Waals surface area (Å²) in [6, 6.07) is 9.21. The molecule has 0 amide bonds. The highest BCUT2D eigenvalue weighted by Crippen LogP contribution is 2.22. The molecule has 0 aliphatic carbocycles.